The highest BCUT2D eigenvalue weighted by Gasteiger charge is 2.07. The van der Waals surface area contributed by atoms with Gasteiger partial charge in [0.1, 0.15) is 11.6 Å². The van der Waals surface area contributed by atoms with Gasteiger partial charge in [-0.05, 0) is 25.8 Å². The monoisotopic (exact) mass is 236 g/mol. The highest BCUT2D eigenvalue weighted by atomic mass is 19.1. The second-order valence-electron chi connectivity index (χ2n) is 3.94. The molecule has 0 saturated carbocycles. The van der Waals surface area contributed by atoms with Crippen molar-refractivity contribution in [3.05, 3.63) is 29.6 Å². The summed E-state index contributed by atoms with van der Waals surface area (Å²) in [6.07, 6.45) is 2.13. The van der Waals surface area contributed by atoms with Crippen LogP contribution in [-0.2, 0) is 0 Å². The minimum Gasteiger partial charge on any atom is -0.493 e. The zero-order chi connectivity index (χ0) is 12.7. The van der Waals surface area contributed by atoms with Gasteiger partial charge in [0, 0.05) is 24.1 Å². The fourth-order valence-electron chi connectivity index (χ4n) is 1.46. The topological polar surface area (TPSA) is 59.0 Å². The van der Waals surface area contributed by atoms with E-state index in [1.165, 1.54) is 6.07 Å². The number of nitrogens with two attached hydrogens (primary N) is 1. The number of rotatable bonds is 6. The normalized spacial score (nSPS) is 11.9. The third-order valence-corrected chi connectivity index (χ3v) is 2.41. The van der Waals surface area contributed by atoms with Crippen LogP contribution in [0.1, 0.15) is 37.8 Å². The lowest BCUT2D eigenvalue weighted by Gasteiger charge is -2.10. The van der Waals surface area contributed by atoms with Crippen LogP contribution in [0.25, 0.3) is 0 Å². The molecule has 3 nitrogen and oxygen atoms in total. The summed E-state index contributed by atoms with van der Waals surface area (Å²) in [4.78, 5) is 0. The van der Waals surface area contributed by atoms with Crippen molar-refractivity contribution in [2.75, 3.05) is 6.61 Å². The Balaban J connectivity index is 2.45. The fraction of sp³-hybridized carbons (Fsp3) is 0.462. The third kappa shape index (κ3) is 4.41. The summed E-state index contributed by atoms with van der Waals surface area (Å²) in [7, 11) is 0. The first kappa shape index (κ1) is 13.5. The number of nitrogens with zero attached hydrogens (tertiary/aromatic N) is 1. The van der Waals surface area contributed by atoms with E-state index < -0.39 is 0 Å². The molecule has 17 heavy (non-hydrogen) atoms. The average molecular weight is 236 g/mol. The minimum atomic E-state index is -0.338. The molecule has 0 fully saturated rings. The Morgan fingerprint density at radius 1 is 1.47 bits per heavy atom. The second kappa shape index (κ2) is 6.87. The molecule has 0 spiro atoms. The van der Waals surface area contributed by atoms with E-state index >= 15 is 0 Å². The van der Waals surface area contributed by atoms with Gasteiger partial charge in [-0.15, -0.1) is 0 Å². The molecular formula is C13H17FN2O. The number of unbranched alkanes of at least 4 members (excludes halogenated alkanes) is 2. The van der Waals surface area contributed by atoms with Crippen LogP contribution in [0.4, 0.5) is 4.39 Å². The van der Waals surface area contributed by atoms with Crippen LogP contribution in [0.5, 0.6) is 5.75 Å². The maximum atomic E-state index is 13.5. The van der Waals surface area contributed by atoms with Gasteiger partial charge in [0.05, 0.1) is 12.7 Å². The van der Waals surface area contributed by atoms with E-state index in [1.807, 2.05) is 0 Å². The molecule has 0 amide bonds. The number of benzene rings is 1. The molecule has 0 aliphatic carbocycles. The minimum absolute atomic E-state index is 0.320. The third-order valence-electron chi connectivity index (χ3n) is 2.41. The molecule has 1 rings (SSSR count). The maximum Gasteiger partial charge on any atom is 0.131 e. The lowest BCUT2D eigenvalue weighted by molar-refractivity contribution is 0.306. The summed E-state index contributed by atoms with van der Waals surface area (Å²) in [6.45, 7) is 2.24. The summed E-state index contributed by atoms with van der Waals surface area (Å²) < 4.78 is 18.9. The van der Waals surface area contributed by atoms with E-state index in [2.05, 4.69) is 6.07 Å². The zero-order valence-corrected chi connectivity index (χ0v) is 9.95. The van der Waals surface area contributed by atoms with Gasteiger partial charge in [-0.25, -0.2) is 4.39 Å². The van der Waals surface area contributed by atoms with Gasteiger partial charge in [-0.3, -0.25) is 0 Å². The summed E-state index contributed by atoms with van der Waals surface area (Å²) in [5, 5.41) is 8.35. The molecule has 0 heterocycles. The molecule has 0 unspecified atom stereocenters. The van der Waals surface area contributed by atoms with Crippen LogP contribution in [0, 0.1) is 17.1 Å². The van der Waals surface area contributed by atoms with Crippen molar-refractivity contribution in [2.45, 2.75) is 32.2 Å². The molecule has 0 aromatic heterocycles. The van der Waals surface area contributed by atoms with E-state index in [9.17, 15) is 4.39 Å². The molecule has 4 heteroatoms. The van der Waals surface area contributed by atoms with E-state index in [0.29, 0.717) is 24.3 Å². The Labute approximate surface area is 101 Å². The van der Waals surface area contributed by atoms with Gasteiger partial charge in [-0.1, -0.05) is 6.07 Å². The zero-order valence-electron chi connectivity index (χ0n) is 9.95. The molecule has 0 aliphatic heterocycles. The SMILES string of the molecule is C[C@H](N)c1ccc(OCCCCC#N)cc1F. The summed E-state index contributed by atoms with van der Waals surface area (Å²) in [5.74, 6) is 0.165. The van der Waals surface area contributed by atoms with Crippen LogP contribution in [0.15, 0.2) is 18.2 Å². The van der Waals surface area contributed by atoms with Crippen molar-refractivity contribution in [2.24, 2.45) is 5.73 Å². The van der Waals surface area contributed by atoms with E-state index in [0.717, 1.165) is 12.8 Å². The van der Waals surface area contributed by atoms with Gasteiger partial charge >= 0.3 is 0 Å². The average Bonchev–Trinajstić information content (AvgIpc) is 2.28. The molecular weight excluding hydrogens is 219 g/mol. The second-order valence-corrected chi connectivity index (χ2v) is 3.94. The number of hydrogen-bond acceptors (Lipinski definition) is 3. The molecule has 0 radical (unpaired) electrons. The van der Waals surface area contributed by atoms with Crippen molar-refractivity contribution < 1.29 is 9.13 Å². The van der Waals surface area contributed by atoms with Gasteiger partial charge in [0.15, 0.2) is 0 Å². The molecule has 2 N–H and O–H groups in total. The summed E-state index contributed by atoms with van der Waals surface area (Å²) in [6, 6.07) is 6.45. The van der Waals surface area contributed by atoms with Crippen LogP contribution < -0.4 is 10.5 Å². The molecule has 1 aromatic carbocycles. The van der Waals surface area contributed by atoms with E-state index in [4.69, 9.17) is 15.7 Å². The standard InChI is InChI=1S/C13H17FN2O/c1-10(16)12-6-5-11(9-13(12)14)17-8-4-2-3-7-15/h5-6,9-10H,2-4,8,16H2,1H3/t10-/m0/s1. The first-order chi connectivity index (χ1) is 8.15. The number of ether oxygens (including phenoxy) is 1. The van der Waals surface area contributed by atoms with Crippen molar-refractivity contribution in [3.63, 3.8) is 0 Å². The first-order valence-electron chi connectivity index (χ1n) is 5.70. The van der Waals surface area contributed by atoms with Gasteiger partial charge in [0.2, 0.25) is 0 Å². The Kier molecular flexibility index (Phi) is 5.44. The number of hydrogen-bond donors (Lipinski definition) is 1. The smallest absolute Gasteiger partial charge is 0.131 e. The molecule has 0 saturated heterocycles. The number of halogens is 1. The molecule has 1 aromatic rings. The maximum absolute atomic E-state index is 13.5. The van der Waals surface area contributed by atoms with E-state index in [1.54, 1.807) is 19.1 Å². The van der Waals surface area contributed by atoms with Crippen molar-refractivity contribution >= 4 is 0 Å². The Morgan fingerprint density at radius 2 is 2.24 bits per heavy atom. The number of nitriles is 1. The lowest BCUT2D eigenvalue weighted by atomic mass is 10.1. The molecule has 92 valence electrons. The van der Waals surface area contributed by atoms with Crippen LogP contribution in [0.2, 0.25) is 0 Å². The van der Waals surface area contributed by atoms with Crippen molar-refractivity contribution in [3.8, 4) is 11.8 Å². The molecule has 1 atom stereocenters. The van der Waals surface area contributed by atoms with Gasteiger partial charge in [-0.2, -0.15) is 5.26 Å². The van der Waals surface area contributed by atoms with Crippen LogP contribution in [-0.4, -0.2) is 6.61 Å². The van der Waals surface area contributed by atoms with Crippen LogP contribution >= 0.6 is 0 Å². The van der Waals surface area contributed by atoms with Crippen molar-refractivity contribution in [1.29, 1.82) is 5.26 Å². The Hall–Kier alpha value is -1.60. The van der Waals surface area contributed by atoms with Gasteiger partial charge in [0.25, 0.3) is 0 Å². The highest BCUT2D eigenvalue weighted by Crippen LogP contribution is 2.20. The van der Waals surface area contributed by atoms with Crippen LogP contribution in [0.3, 0.4) is 0 Å². The first-order valence-corrected chi connectivity index (χ1v) is 5.70. The van der Waals surface area contributed by atoms with Crippen molar-refractivity contribution in [1.82, 2.24) is 0 Å². The summed E-state index contributed by atoms with van der Waals surface area (Å²) >= 11 is 0. The fourth-order valence-corrected chi connectivity index (χ4v) is 1.46. The largest absolute Gasteiger partial charge is 0.493 e. The lowest BCUT2D eigenvalue weighted by Crippen LogP contribution is -2.07. The molecule has 0 aliphatic rings. The predicted molar refractivity (Wildman–Crippen MR) is 64.0 cm³/mol. The quantitative estimate of drug-likeness (QED) is 0.772. The Bertz CT molecular complexity index is 399. The summed E-state index contributed by atoms with van der Waals surface area (Å²) in [5.41, 5.74) is 6.10. The molecule has 0 bridgehead atoms. The van der Waals surface area contributed by atoms with Gasteiger partial charge < -0.3 is 10.5 Å². The van der Waals surface area contributed by atoms with E-state index in [-0.39, 0.29) is 11.9 Å². The highest BCUT2D eigenvalue weighted by molar-refractivity contribution is 5.30. The Morgan fingerprint density at radius 3 is 2.82 bits per heavy atom. The predicted octanol–water partition coefficient (Wildman–Crippen LogP) is 2.92.